The van der Waals surface area contributed by atoms with E-state index in [9.17, 15) is 0 Å². The van der Waals surface area contributed by atoms with Crippen molar-refractivity contribution in [2.24, 2.45) is 0 Å². The SMILES string of the molecule is O=S(=O)(O)S.[NaH].[Pd]. The van der Waals surface area contributed by atoms with Crippen molar-refractivity contribution in [2.45, 2.75) is 0 Å². The third-order valence-electron chi connectivity index (χ3n) is 0. The largest absolute Gasteiger partial charge is 0 e. The summed E-state index contributed by atoms with van der Waals surface area (Å²) in [4.78, 5) is 0. The summed E-state index contributed by atoms with van der Waals surface area (Å²) >= 11 is 2.65. The van der Waals surface area contributed by atoms with Gasteiger partial charge in [-0.3, -0.25) is 4.55 Å². The average Bonchev–Trinajstić information content (AvgIpc) is 0.722. The van der Waals surface area contributed by atoms with Crippen LogP contribution in [0.15, 0.2) is 0 Å². The van der Waals surface area contributed by atoms with Gasteiger partial charge in [-0.15, -0.1) is 0 Å². The van der Waals surface area contributed by atoms with Crippen LogP contribution in [0.2, 0.25) is 0 Å². The molecule has 0 aliphatic heterocycles. The topological polar surface area (TPSA) is 54.4 Å². The first kappa shape index (κ1) is 16.0. The Morgan fingerprint density at radius 1 is 1.43 bits per heavy atom. The van der Waals surface area contributed by atoms with E-state index in [-0.39, 0.29) is 50.0 Å². The van der Waals surface area contributed by atoms with E-state index in [0.29, 0.717) is 0 Å². The van der Waals surface area contributed by atoms with Crippen molar-refractivity contribution < 1.29 is 33.4 Å². The van der Waals surface area contributed by atoms with E-state index < -0.39 is 9.15 Å². The van der Waals surface area contributed by atoms with Crippen LogP contribution in [0.1, 0.15) is 0 Å². The molecule has 0 aromatic rings. The second kappa shape index (κ2) is 6.05. The van der Waals surface area contributed by atoms with E-state index in [1.165, 1.54) is 0 Å². The standard InChI is InChI=1S/Na.H2O3S2.Pd.H/c;1-5(2,3)4;;/h;(H2,1,2,3,4);;. The van der Waals surface area contributed by atoms with Crippen molar-refractivity contribution in [3.63, 3.8) is 0 Å². The van der Waals surface area contributed by atoms with Crippen molar-refractivity contribution >= 4 is 50.4 Å². The van der Waals surface area contributed by atoms with Gasteiger partial charge in [0.15, 0.2) is 0 Å². The molecule has 44 valence electrons. The molecule has 0 rings (SSSR count). The third-order valence-corrected chi connectivity index (χ3v) is 0. The molecule has 3 nitrogen and oxygen atoms in total. The molecule has 0 amide bonds. The molecule has 0 aromatic carbocycles. The van der Waals surface area contributed by atoms with Gasteiger partial charge in [0.2, 0.25) is 0 Å². The molecule has 7 heteroatoms. The van der Waals surface area contributed by atoms with Crippen LogP contribution in [0.25, 0.3) is 0 Å². The first-order valence-corrected chi connectivity index (χ1v) is 3.19. The monoisotopic (exact) mass is 244 g/mol. The second-order valence-electron chi connectivity index (χ2n) is 0.448. The third kappa shape index (κ3) is 75.2. The molecular formula is H3NaO3PdS2. The summed E-state index contributed by atoms with van der Waals surface area (Å²) in [6, 6.07) is 0. The van der Waals surface area contributed by atoms with Crippen molar-refractivity contribution in [3.05, 3.63) is 0 Å². The number of hydrogen-bond acceptors (Lipinski definition) is 2. The Morgan fingerprint density at radius 2 is 1.43 bits per heavy atom. The summed E-state index contributed by atoms with van der Waals surface area (Å²) in [5, 5.41) is 0. The van der Waals surface area contributed by atoms with Crippen molar-refractivity contribution in [1.82, 2.24) is 0 Å². The van der Waals surface area contributed by atoms with E-state index in [1.54, 1.807) is 0 Å². The van der Waals surface area contributed by atoms with E-state index in [1.807, 2.05) is 0 Å². The smallest absolute Gasteiger partial charge is 0 e. The molecule has 0 bridgehead atoms. The van der Waals surface area contributed by atoms with Crippen LogP contribution in [0.3, 0.4) is 0 Å². The van der Waals surface area contributed by atoms with E-state index >= 15 is 0 Å². The van der Waals surface area contributed by atoms with Gasteiger partial charge in [-0.05, 0) is 11.7 Å². The molecule has 0 radical (unpaired) electrons. The van der Waals surface area contributed by atoms with Crippen LogP contribution in [-0.2, 0) is 29.6 Å². The minimum atomic E-state index is -3.97. The fourth-order valence-corrected chi connectivity index (χ4v) is 0. The van der Waals surface area contributed by atoms with Crippen LogP contribution in [0.5, 0.6) is 0 Å². The molecule has 0 unspecified atom stereocenters. The first-order chi connectivity index (χ1) is 2.00. The molecule has 0 saturated carbocycles. The minimum Gasteiger partial charge on any atom is 0 e. The van der Waals surface area contributed by atoms with Crippen LogP contribution >= 0.6 is 11.7 Å². The average molecular weight is 245 g/mol. The Kier molecular flexibility index (Phi) is 13.8. The molecule has 0 aliphatic rings. The molecule has 1 N–H and O–H groups in total. The summed E-state index contributed by atoms with van der Waals surface area (Å²) in [7, 11) is -3.97. The predicted octanol–water partition coefficient (Wildman–Crippen LogP) is -0.932. The Hall–Kier alpha value is 1.92. The number of rotatable bonds is 0. The van der Waals surface area contributed by atoms with Gasteiger partial charge in [0.25, 0.3) is 0 Å². The quantitative estimate of drug-likeness (QED) is 0.251. The Labute approximate surface area is 82.8 Å². The number of hydrogen-bond donors (Lipinski definition) is 2. The van der Waals surface area contributed by atoms with Gasteiger partial charge in [-0.2, -0.15) is 8.42 Å². The molecule has 0 spiro atoms. The summed E-state index contributed by atoms with van der Waals surface area (Å²) in [6.07, 6.45) is 0. The molecule has 0 atom stereocenters. The Bertz CT molecular complexity index is 96.1. The van der Waals surface area contributed by atoms with Crippen LogP contribution in [-0.4, -0.2) is 42.5 Å². The van der Waals surface area contributed by atoms with Gasteiger partial charge in [0, 0.05) is 20.4 Å². The zero-order chi connectivity index (χ0) is 4.50. The van der Waals surface area contributed by atoms with Gasteiger partial charge in [0.05, 0.1) is 0 Å². The van der Waals surface area contributed by atoms with Crippen LogP contribution < -0.4 is 0 Å². The Balaban J connectivity index is -0.0000000800. The summed E-state index contributed by atoms with van der Waals surface area (Å²) in [6.45, 7) is 0. The van der Waals surface area contributed by atoms with Gasteiger partial charge >= 0.3 is 38.7 Å². The fourth-order valence-electron chi connectivity index (χ4n) is 0. The minimum absolute atomic E-state index is 0. The Morgan fingerprint density at radius 3 is 1.43 bits per heavy atom. The summed E-state index contributed by atoms with van der Waals surface area (Å²) < 4.78 is 25.5. The summed E-state index contributed by atoms with van der Waals surface area (Å²) in [5.74, 6) is 0. The molecule has 0 aliphatic carbocycles. The van der Waals surface area contributed by atoms with E-state index in [2.05, 4.69) is 11.7 Å². The molecule has 0 saturated heterocycles. The van der Waals surface area contributed by atoms with Gasteiger partial charge in [-0.1, -0.05) is 0 Å². The first-order valence-electron chi connectivity index (χ1n) is 0.698. The normalized spacial score (nSPS) is 8.29. The molecular weight excluding hydrogens is 242 g/mol. The van der Waals surface area contributed by atoms with Gasteiger partial charge in [0.1, 0.15) is 0 Å². The second-order valence-corrected chi connectivity index (χ2v) is 2.73. The zero-order valence-corrected chi connectivity index (χ0v) is 5.70. The summed E-state index contributed by atoms with van der Waals surface area (Å²) in [5.41, 5.74) is 0. The zero-order valence-electron chi connectivity index (χ0n) is 2.44. The number of thiol groups is 1. The van der Waals surface area contributed by atoms with Crippen LogP contribution in [0, 0.1) is 0 Å². The van der Waals surface area contributed by atoms with Gasteiger partial charge < -0.3 is 0 Å². The van der Waals surface area contributed by atoms with E-state index in [0.717, 1.165) is 0 Å². The van der Waals surface area contributed by atoms with Crippen molar-refractivity contribution in [1.29, 1.82) is 0 Å². The molecule has 0 aromatic heterocycles. The maximum absolute atomic E-state index is 9.05. The molecule has 0 fully saturated rings. The van der Waals surface area contributed by atoms with Crippen LogP contribution in [0.4, 0.5) is 0 Å². The maximum atomic E-state index is 9.05. The molecule has 0 heterocycles. The fraction of sp³-hybridized carbons (Fsp3) is 0. The van der Waals surface area contributed by atoms with Crippen molar-refractivity contribution in [2.75, 3.05) is 0 Å². The van der Waals surface area contributed by atoms with Gasteiger partial charge in [-0.25, -0.2) is 0 Å². The maximum Gasteiger partial charge on any atom is 0 e. The molecule has 7 heavy (non-hydrogen) atoms. The van der Waals surface area contributed by atoms with E-state index in [4.69, 9.17) is 13.0 Å². The predicted molar refractivity (Wildman–Crippen MR) is 27.7 cm³/mol. The van der Waals surface area contributed by atoms with Crippen molar-refractivity contribution in [3.8, 4) is 0 Å².